The van der Waals surface area contributed by atoms with Gasteiger partial charge in [-0.1, -0.05) is 18.6 Å². The number of anilines is 2. The van der Waals surface area contributed by atoms with Gasteiger partial charge in [0, 0.05) is 43.3 Å². The van der Waals surface area contributed by atoms with Crippen molar-refractivity contribution in [3.63, 3.8) is 0 Å². The van der Waals surface area contributed by atoms with Crippen LogP contribution < -0.4 is 21.1 Å². The molecule has 0 unspecified atom stereocenters. The average Bonchev–Trinajstić information content (AvgIpc) is 3.90. The van der Waals surface area contributed by atoms with Crippen molar-refractivity contribution in [2.75, 3.05) is 30.3 Å². The van der Waals surface area contributed by atoms with E-state index in [-0.39, 0.29) is 42.5 Å². The first-order valence-corrected chi connectivity index (χ1v) is 15.9. The third-order valence-electron chi connectivity index (χ3n) is 8.66. The average molecular weight is 628 g/mol. The summed E-state index contributed by atoms with van der Waals surface area (Å²) >= 11 is 0. The second kappa shape index (κ2) is 13.7. The van der Waals surface area contributed by atoms with Crippen LogP contribution in [0.2, 0.25) is 0 Å². The summed E-state index contributed by atoms with van der Waals surface area (Å²) in [6, 6.07) is 14.9. The van der Waals surface area contributed by atoms with Crippen LogP contribution in [0.4, 0.5) is 15.8 Å². The van der Waals surface area contributed by atoms with Crippen molar-refractivity contribution in [3.8, 4) is 5.75 Å². The Morgan fingerprint density at radius 1 is 1.02 bits per heavy atom. The Hall–Kier alpha value is -4.77. The van der Waals surface area contributed by atoms with Crippen LogP contribution in [0.5, 0.6) is 5.75 Å². The van der Waals surface area contributed by atoms with Gasteiger partial charge in [0.1, 0.15) is 11.6 Å². The topological polar surface area (TPSA) is 134 Å². The van der Waals surface area contributed by atoms with Gasteiger partial charge in [-0.3, -0.25) is 19.2 Å². The Bertz CT molecular complexity index is 1670. The fourth-order valence-corrected chi connectivity index (χ4v) is 5.96. The van der Waals surface area contributed by atoms with Crippen LogP contribution in [0.3, 0.4) is 0 Å². The molecule has 6 rings (SSSR count). The summed E-state index contributed by atoms with van der Waals surface area (Å²) in [5.41, 5.74) is 9.61. The highest BCUT2D eigenvalue weighted by Gasteiger charge is 2.34. The molecule has 240 valence electrons. The van der Waals surface area contributed by atoms with E-state index >= 15 is 4.39 Å². The zero-order valence-corrected chi connectivity index (χ0v) is 25.6. The monoisotopic (exact) mass is 627 g/mol. The molecule has 0 aromatic heterocycles. The molecule has 0 bridgehead atoms. The van der Waals surface area contributed by atoms with E-state index in [1.165, 1.54) is 12.1 Å². The minimum atomic E-state index is -0.672. The normalized spacial score (nSPS) is 15.3. The first-order valence-electron chi connectivity index (χ1n) is 15.9. The van der Waals surface area contributed by atoms with Crippen LogP contribution in [0.15, 0.2) is 54.6 Å². The van der Waals surface area contributed by atoms with Crippen molar-refractivity contribution in [1.82, 2.24) is 9.80 Å². The fraction of sp³-hybridized carbons (Fsp3) is 0.371. The van der Waals surface area contributed by atoms with Gasteiger partial charge in [-0.25, -0.2) is 4.39 Å². The summed E-state index contributed by atoms with van der Waals surface area (Å²) in [6.07, 6.45) is 5.64. The Labute approximate surface area is 267 Å². The van der Waals surface area contributed by atoms with Gasteiger partial charge in [0.05, 0.1) is 11.3 Å². The SMILES string of the molecule is NCCCCCC(=O)N1CCc2cc(NC(=O)c3ccc(CN(C(=O)c4ccc5c(c4)OCC(=O)N5)C4CC4)cc3F)ccc2C1. The molecule has 0 spiro atoms. The van der Waals surface area contributed by atoms with Crippen LogP contribution in [0, 0.1) is 5.82 Å². The molecule has 3 aromatic carbocycles. The lowest BCUT2D eigenvalue weighted by molar-refractivity contribution is -0.132. The molecule has 11 heteroatoms. The predicted octanol–water partition coefficient (Wildman–Crippen LogP) is 4.62. The van der Waals surface area contributed by atoms with Gasteiger partial charge in [-0.2, -0.15) is 0 Å². The van der Waals surface area contributed by atoms with E-state index in [9.17, 15) is 19.2 Å². The van der Waals surface area contributed by atoms with Gasteiger partial charge in [0.15, 0.2) is 6.61 Å². The lowest BCUT2D eigenvalue weighted by Gasteiger charge is -2.29. The minimum absolute atomic E-state index is 0.0470. The van der Waals surface area contributed by atoms with Gasteiger partial charge < -0.3 is 30.9 Å². The number of hydrogen-bond donors (Lipinski definition) is 3. The molecule has 4 amide bonds. The van der Waals surface area contributed by atoms with E-state index in [1.54, 1.807) is 35.2 Å². The van der Waals surface area contributed by atoms with Crippen molar-refractivity contribution in [2.24, 2.45) is 5.73 Å². The van der Waals surface area contributed by atoms with Crippen LogP contribution in [-0.2, 0) is 29.1 Å². The summed E-state index contributed by atoms with van der Waals surface area (Å²) in [5, 5.41) is 5.52. The third kappa shape index (κ3) is 7.20. The molecule has 2 aliphatic heterocycles. The first kappa shape index (κ1) is 31.2. The molecule has 4 N–H and O–H groups in total. The van der Waals surface area contributed by atoms with Gasteiger partial charge >= 0.3 is 0 Å². The number of carbonyl (C=O) groups excluding carboxylic acids is 4. The predicted molar refractivity (Wildman–Crippen MR) is 171 cm³/mol. The number of nitrogens with zero attached hydrogens (tertiary/aromatic N) is 2. The maximum absolute atomic E-state index is 15.3. The Kier molecular flexibility index (Phi) is 9.30. The number of nitrogens with two attached hydrogens (primary N) is 1. The number of carbonyl (C=O) groups is 4. The summed E-state index contributed by atoms with van der Waals surface area (Å²) < 4.78 is 20.7. The van der Waals surface area contributed by atoms with Crippen molar-refractivity contribution in [3.05, 3.63) is 88.2 Å². The molecule has 0 atom stereocenters. The second-order valence-electron chi connectivity index (χ2n) is 12.1. The van der Waals surface area contributed by atoms with Gasteiger partial charge in [0.2, 0.25) is 5.91 Å². The number of fused-ring (bicyclic) bond motifs is 2. The molecule has 1 aliphatic carbocycles. The molecule has 1 saturated carbocycles. The number of hydrogen-bond acceptors (Lipinski definition) is 6. The zero-order chi connectivity index (χ0) is 32.2. The summed E-state index contributed by atoms with van der Waals surface area (Å²) in [7, 11) is 0. The molecular weight excluding hydrogens is 589 g/mol. The smallest absolute Gasteiger partial charge is 0.262 e. The Morgan fingerprint density at radius 2 is 1.87 bits per heavy atom. The lowest BCUT2D eigenvalue weighted by Crippen LogP contribution is -2.35. The van der Waals surface area contributed by atoms with Crippen LogP contribution in [0.25, 0.3) is 0 Å². The fourth-order valence-electron chi connectivity index (χ4n) is 5.96. The highest BCUT2D eigenvalue weighted by molar-refractivity contribution is 6.04. The molecule has 0 saturated heterocycles. The molecular formula is C35H38FN5O5. The van der Waals surface area contributed by atoms with E-state index in [4.69, 9.17) is 10.5 Å². The van der Waals surface area contributed by atoms with Crippen molar-refractivity contribution in [1.29, 1.82) is 0 Å². The van der Waals surface area contributed by atoms with E-state index < -0.39 is 11.7 Å². The first-order chi connectivity index (χ1) is 22.3. The van der Waals surface area contributed by atoms with Crippen molar-refractivity contribution >= 4 is 35.0 Å². The molecule has 46 heavy (non-hydrogen) atoms. The molecule has 3 aromatic rings. The van der Waals surface area contributed by atoms with Gasteiger partial charge in [-0.15, -0.1) is 0 Å². The van der Waals surface area contributed by atoms with Crippen molar-refractivity contribution in [2.45, 2.75) is 64.1 Å². The highest BCUT2D eigenvalue weighted by Crippen LogP contribution is 2.33. The zero-order valence-electron chi connectivity index (χ0n) is 25.6. The number of rotatable bonds is 11. The number of ether oxygens (including phenoxy) is 1. The Morgan fingerprint density at radius 3 is 2.65 bits per heavy atom. The summed E-state index contributed by atoms with van der Waals surface area (Å²) in [5.74, 6) is -1.12. The summed E-state index contributed by atoms with van der Waals surface area (Å²) in [4.78, 5) is 54.3. The van der Waals surface area contributed by atoms with Crippen LogP contribution >= 0.6 is 0 Å². The summed E-state index contributed by atoms with van der Waals surface area (Å²) in [6.45, 7) is 1.88. The number of nitrogens with one attached hydrogen (secondary N) is 2. The largest absolute Gasteiger partial charge is 0.482 e. The second-order valence-corrected chi connectivity index (χ2v) is 12.1. The van der Waals surface area contributed by atoms with E-state index in [0.717, 1.165) is 43.2 Å². The number of halogens is 1. The standard InChI is InChI=1S/C35H38FN5O5/c36-29-16-22(19-41(27-9-10-27)35(45)24-7-12-30-31(18-24)46-21-32(42)39-30)5-11-28(29)34(44)38-26-8-6-25-20-40(15-13-23(25)17-26)33(43)4-2-1-3-14-37/h5-8,11-12,16-18,27H,1-4,9-10,13-15,19-21,37H2,(H,38,44)(H,39,42). The molecule has 2 heterocycles. The molecule has 1 fully saturated rings. The molecule has 3 aliphatic rings. The van der Waals surface area contributed by atoms with E-state index in [0.29, 0.717) is 60.7 Å². The third-order valence-corrected chi connectivity index (χ3v) is 8.66. The maximum atomic E-state index is 15.3. The molecule has 10 nitrogen and oxygen atoms in total. The quantitative estimate of drug-likeness (QED) is 0.266. The number of benzene rings is 3. The van der Waals surface area contributed by atoms with Gasteiger partial charge in [-0.05, 0) is 97.8 Å². The van der Waals surface area contributed by atoms with E-state index in [1.807, 2.05) is 17.0 Å². The number of amides is 4. The molecule has 0 radical (unpaired) electrons. The Balaban J connectivity index is 1.07. The van der Waals surface area contributed by atoms with Crippen LogP contribution in [-0.4, -0.2) is 59.2 Å². The minimum Gasteiger partial charge on any atom is -0.482 e. The van der Waals surface area contributed by atoms with Crippen molar-refractivity contribution < 1.29 is 28.3 Å². The lowest BCUT2D eigenvalue weighted by atomic mass is 9.98. The highest BCUT2D eigenvalue weighted by atomic mass is 19.1. The maximum Gasteiger partial charge on any atom is 0.262 e. The van der Waals surface area contributed by atoms with Crippen LogP contribution in [0.1, 0.15) is 75.9 Å². The number of unbranched alkanes of at least 4 members (excludes halogenated alkanes) is 2. The van der Waals surface area contributed by atoms with E-state index in [2.05, 4.69) is 10.6 Å². The van der Waals surface area contributed by atoms with Gasteiger partial charge in [0.25, 0.3) is 17.7 Å².